The number of hydrogen-bond donors (Lipinski definition) is 3. The monoisotopic (exact) mass is 306 g/mol. The molecule has 0 heterocycles. The van der Waals surface area contributed by atoms with E-state index in [1.54, 1.807) is 0 Å². The zero-order chi connectivity index (χ0) is 15.9. The Morgan fingerprint density at radius 1 is 1.15 bits per heavy atom. The van der Waals surface area contributed by atoms with Crippen LogP contribution in [-0.2, 0) is 25.2 Å². The van der Waals surface area contributed by atoms with Crippen molar-refractivity contribution in [3.05, 3.63) is 0 Å². The van der Waals surface area contributed by atoms with Crippen molar-refractivity contribution in [2.45, 2.75) is 39.8 Å². The number of hydrogen-bond acceptors (Lipinski definition) is 4. The lowest BCUT2D eigenvalue weighted by Crippen LogP contribution is -2.45. The molecule has 0 bridgehead atoms. The number of nitrogens with one attached hydrogen (secondary N) is 2. The number of carbonyl (C=O) groups excluding carboxylic acids is 2. The Balaban J connectivity index is 4.35. The van der Waals surface area contributed by atoms with Crippen LogP contribution in [-0.4, -0.2) is 50.7 Å². The Bertz CT molecular complexity index is 397. The van der Waals surface area contributed by atoms with Crippen molar-refractivity contribution >= 4 is 28.6 Å². The molecule has 0 rings (SSSR count). The third-order valence-electron chi connectivity index (χ3n) is 2.71. The van der Waals surface area contributed by atoms with Gasteiger partial charge in [-0.3, -0.25) is 13.8 Å². The number of carboxylic acids is 1. The molecule has 8 heteroatoms. The van der Waals surface area contributed by atoms with E-state index in [0.717, 1.165) is 0 Å². The molecule has 20 heavy (non-hydrogen) atoms. The van der Waals surface area contributed by atoms with Gasteiger partial charge in [0.25, 0.3) is 0 Å². The predicted molar refractivity (Wildman–Crippen MR) is 75.6 cm³/mol. The smallest absolute Gasteiger partial charge is 0.327 e. The first-order valence-corrected chi connectivity index (χ1v) is 7.76. The molecule has 0 aromatic rings. The summed E-state index contributed by atoms with van der Waals surface area (Å²) in [6, 6.07) is -1.30. The second-order valence-corrected chi connectivity index (χ2v) is 6.44. The fraction of sp³-hybridized carbons (Fsp3) is 0.750. The van der Waals surface area contributed by atoms with Crippen molar-refractivity contribution in [2.75, 3.05) is 11.5 Å². The van der Waals surface area contributed by atoms with Gasteiger partial charge in [-0.05, 0) is 12.8 Å². The number of rotatable bonds is 8. The minimum absolute atomic E-state index is 0.0508. The zero-order valence-corrected chi connectivity index (χ0v) is 13.0. The third kappa shape index (κ3) is 7.88. The molecule has 0 aromatic heterocycles. The van der Waals surface area contributed by atoms with Gasteiger partial charge in [0.15, 0.2) is 0 Å². The Hall–Kier alpha value is -1.44. The standard InChI is InChI=1S/C12H22N2O5S/c1-7(2)8(3)13-11(16)6-20(19)5-10(12(17)18)14-9(4)15/h7-8,10H,5-6H2,1-4H3,(H,13,16)(H,14,15)(H,17,18)/t8?,10-,20?/m0/s1. The highest BCUT2D eigenvalue weighted by Gasteiger charge is 2.23. The average Bonchev–Trinajstić information content (AvgIpc) is 2.26. The summed E-state index contributed by atoms with van der Waals surface area (Å²) < 4.78 is 11.7. The van der Waals surface area contributed by atoms with Crippen LogP contribution in [0.1, 0.15) is 27.7 Å². The molecule has 2 unspecified atom stereocenters. The number of carboxylic acid groups (broad SMARTS) is 1. The molecule has 0 aliphatic rings. The Kier molecular flexibility index (Phi) is 8.05. The molecule has 0 spiro atoms. The van der Waals surface area contributed by atoms with Crippen LogP contribution in [0.3, 0.4) is 0 Å². The highest BCUT2D eigenvalue weighted by molar-refractivity contribution is 7.85. The lowest BCUT2D eigenvalue weighted by Gasteiger charge is -2.17. The van der Waals surface area contributed by atoms with E-state index in [-0.39, 0.29) is 23.5 Å². The van der Waals surface area contributed by atoms with Crippen LogP contribution in [0.25, 0.3) is 0 Å². The summed E-state index contributed by atoms with van der Waals surface area (Å²) in [6.07, 6.45) is 0. The van der Waals surface area contributed by atoms with Crippen molar-refractivity contribution in [3.63, 3.8) is 0 Å². The minimum atomic E-state index is -1.65. The SMILES string of the molecule is CC(=O)N[C@@H](CS(=O)CC(=O)NC(C)C(C)C)C(=O)O. The first-order chi connectivity index (χ1) is 9.13. The molecule has 0 aromatic carbocycles. The normalized spacial score (nSPS) is 15.2. The Morgan fingerprint density at radius 2 is 1.70 bits per heavy atom. The largest absolute Gasteiger partial charge is 0.480 e. The molecular formula is C12H22N2O5S. The molecule has 3 atom stereocenters. The van der Waals surface area contributed by atoms with Gasteiger partial charge in [-0.2, -0.15) is 0 Å². The van der Waals surface area contributed by atoms with E-state index in [0.29, 0.717) is 0 Å². The summed E-state index contributed by atoms with van der Waals surface area (Å²) in [6.45, 7) is 6.90. The molecule has 0 radical (unpaired) electrons. The molecule has 0 saturated heterocycles. The van der Waals surface area contributed by atoms with Gasteiger partial charge >= 0.3 is 5.97 Å². The third-order valence-corrected chi connectivity index (χ3v) is 4.00. The van der Waals surface area contributed by atoms with Gasteiger partial charge in [-0.15, -0.1) is 0 Å². The van der Waals surface area contributed by atoms with Gasteiger partial charge < -0.3 is 15.7 Å². The van der Waals surface area contributed by atoms with Crippen molar-refractivity contribution < 1.29 is 23.7 Å². The van der Waals surface area contributed by atoms with Crippen molar-refractivity contribution in [3.8, 4) is 0 Å². The molecule has 0 aliphatic carbocycles. The number of aliphatic carboxylic acids is 1. The maximum absolute atomic E-state index is 11.7. The zero-order valence-electron chi connectivity index (χ0n) is 12.1. The molecule has 2 amide bonds. The van der Waals surface area contributed by atoms with E-state index in [4.69, 9.17) is 5.11 Å². The summed E-state index contributed by atoms with van der Waals surface area (Å²) in [5.74, 6) is -2.51. The van der Waals surface area contributed by atoms with E-state index in [2.05, 4.69) is 10.6 Å². The molecular weight excluding hydrogens is 284 g/mol. The minimum Gasteiger partial charge on any atom is -0.480 e. The van der Waals surface area contributed by atoms with Crippen LogP contribution >= 0.6 is 0 Å². The Labute approximate surface area is 121 Å². The predicted octanol–water partition coefficient (Wildman–Crippen LogP) is -0.515. The number of carbonyl (C=O) groups is 3. The van der Waals surface area contributed by atoms with Crippen LogP contribution in [0.2, 0.25) is 0 Å². The molecule has 0 aliphatic heterocycles. The van der Waals surface area contributed by atoms with E-state index in [1.807, 2.05) is 20.8 Å². The molecule has 116 valence electrons. The summed E-state index contributed by atoms with van der Waals surface area (Å²) in [5.41, 5.74) is 0. The Morgan fingerprint density at radius 3 is 2.10 bits per heavy atom. The van der Waals surface area contributed by atoms with Gasteiger partial charge in [0.1, 0.15) is 11.8 Å². The van der Waals surface area contributed by atoms with Crippen molar-refractivity contribution in [2.24, 2.45) is 5.92 Å². The second kappa shape index (κ2) is 8.68. The van der Waals surface area contributed by atoms with Crippen LogP contribution < -0.4 is 10.6 Å². The fourth-order valence-electron chi connectivity index (χ4n) is 1.27. The van der Waals surface area contributed by atoms with Crippen LogP contribution in [0.5, 0.6) is 0 Å². The van der Waals surface area contributed by atoms with Gasteiger partial charge in [-0.25, -0.2) is 4.79 Å². The highest BCUT2D eigenvalue weighted by Crippen LogP contribution is 2.00. The highest BCUT2D eigenvalue weighted by atomic mass is 32.2. The van der Waals surface area contributed by atoms with Gasteiger partial charge in [0.2, 0.25) is 11.8 Å². The molecule has 0 saturated carbocycles. The second-order valence-electron chi connectivity index (χ2n) is 4.94. The lowest BCUT2D eigenvalue weighted by atomic mass is 10.1. The van der Waals surface area contributed by atoms with Gasteiger partial charge in [0.05, 0.1) is 5.75 Å². The average molecular weight is 306 g/mol. The molecule has 7 nitrogen and oxygen atoms in total. The summed E-state index contributed by atoms with van der Waals surface area (Å²) in [7, 11) is -1.65. The quantitative estimate of drug-likeness (QED) is 0.559. The first kappa shape index (κ1) is 18.6. The molecule has 0 fully saturated rings. The number of amides is 2. The van der Waals surface area contributed by atoms with Crippen LogP contribution in [0.4, 0.5) is 0 Å². The van der Waals surface area contributed by atoms with E-state index < -0.39 is 34.6 Å². The summed E-state index contributed by atoms with van der Waals surface area (Å²) in [5, 5.41) is 13.7. The van der Waals surface area contributed by atoms with E-state index in [1.165, 1.54) is 6.92 Å². The van der Waals surface area contributed by atoms with Crippen LogP contribution in [0.15, 0.2) is 0 Å². The topological polar surface area (TPSA) is 113 Å². The van der Waals surface area contributed by atoms with Gasteiger partial charge in [-0.1, -0.05) is 13.8 Å². The van der Waals surface area contributed by atoms with Gasteiger partial charge in [0, 0.05) is 23.8 Å². The maximum Gasteiger partial charge on any atom is 0.327 e. The lowest BCUT2D eigenvalue weighted by molar-refractivity contribution is -0.140. The van der Waals surface area contributed by atoms with Crippen molar-refractivity contribution in [1.29, 1.82) is 0 Å². The summed E-state index contributed by atoms with van der Waals surface area (Å²) >= 11 is 0. The van der Waals surface area contributed by atoms with E-state index in [9.17, 15) is 18.6 Å². The maximum atomic E-state index is 11.7. The first-order valence-electron chi connectivity index (χ1n) is 6.27. The fourth-order valence-corrected chi connectivity index (χ4v) is 2.36. The van der Waals surface area contributed by atoms with Crippen molar-refractivity contribution in [1.82, 2.24) is 10.6 Å². The summed E-state index contributed by atoms with van der Waals surface area (Å²) in [4.78, 5) is 33.3. The van der Waals surface area contributed by atoms with E-state index >= 15 is 0 Å². The van der Waals surface area contributed by atoms with Crippen LogP contribution in [0, 0.1) is 5.92 Å². The molecule has 3 N–H and O–H groups in total.